The number of hydrogen-bond donors (Lipinski definition) is 2. The molecule has 8 heteroatoms. The summed E-state index contributed by atoms with van der Waals surface area (Å²) in [4.78, 5) is 36.9. The zero-order valence-electron chi connectivity index (χ0n) is 16.8. The van der Waals surface area contributed by atoms with E-state index in [1.807, 2.05) is 23.1 Å². The fourth-order valence-corrected chi connectivity index (χ4v) is 4.37. The van der Waals surface area contributed by atoms with Gasteiger partial charge in [0.1, 0.15) is 11.9 Å². The van der Waals surface area contributed by atoms with Gasteiger partial charge in [0.15, 0.2) is 0 Å². The second-order valence-corrected chi connectivity index (χ2v) is 8.18. The molecule has 156 valence electrons. The van der Waals surface area contributed by atoms with Crippen molar-refractivity contribution in [2.24, 2.45) is 11.7 Å². The van der Waals surface area contributed by atoms with Gasteiger partial charge in [0.05, 0.1) is 24.1 Å². The quantitative estimate of drug-likeness (QED) is 0.785. The van der Waals surface area contributed by atoms with Gasteiger partial charge in [-0.2, -0.15) is 0 Å². The van der Waals surface area contributed by atoms with Crippen molar-refractivity contribution < 1.29 is 9.53 Å². The number of piperidine rings is 1. The van der Waals surface area contributed by atoms with Crippen LogP contribution in [-0.2, 0) is 16.1 Å². The minimum Gasteiger partial charge on any atom is -0.366 e. The SMILES string of the molecule is CC1CCN(C(=O)C2CN(Cc3nc4ccccc4c(=O)[nH]3)CCO2)C(CN)C1. The third kappa shape index (κ3) is 4.34. The minimum atomic E-state index is -0.501. The molecule has 3 atom stereocenters. The smallest absolute Gasteiger partial charge is 0.258 e. The molecule has 1 aromatic heterocycles. The second-order valence-electron chi connectivity index (χ2n) is 8.18. The molecule has 0 spiro atoms. The lowest BCUT2D eigenvalue weighted by Gasteiger charge is -2.41. The van der Waals surface area contributed by atoms with Gasteiger partial charge in [-0.05, 0) is 30.9 Å². The highest BCUT2D eigenvalue weighted by Gasteiger charge is 2.35. The van der Waals surface area contributed by atoms with E-state index in [0.29, 0.717) is 55.4 Å². The number of para-hydroxylation sites is 1. The molecule has 2 saturated heterocycles. The van der Waals surface area contributed by atoms with Crippen molar-refractivity contribution in [3.63, 3.8) is 0 Å². The van der Waals surface area contributed by atoms with Crippen molar-refractivity contribution >= 4 is 16.8 Å². The van der Waals surface area contributed by atoms with Gasteiger partial charge < -0.3 is 20.4 Å². The molecule has 1 amide bonds. The monoisotopic (exact) mass is 399 g/mol. The molecular formula is C21H29N5O3. The number of carbonyl (C=O) groups is 1. The van der Waals surface area contributed by atoms with Gasteiger partial charge >= 0.3 is 0 Å². The van der Waals surface area contributed by atoms with E-state index in [0.717, 1.165) is 19.4 Å². The van der Waals surface area contributed by atoms with Gasteiger partial charge in [0, 0.05) is 32.2 Å². The standard InChI is InChI=1S/C21H29N5O3/c1-14-6-7-26(15(10-14)11-22)21(28)18-12-25(8-9-29-18)13-19-23-17-5-3-2-4-16(17)20(27)24-19/h2-5,14-15,18H,6-13,22H2,1H3,(H,23,24,27). The number of aromatic nitrogens is 2. The molecule has 29 heavy (non-hydrogen) atoms. The Morgan fingerprint density at radius 2 is 2.17 bits per heavy atom. The number of nitrogens with one attached hydrogen (secondary N) is 1. The van der Waals surface area contributed by atoms with E-state index in [2.05, 4.69) is 21.8 Å². The van der Waals surface area contributed by atoms with Crippen molar-refractivity contribution in [1.29, 1.82) is 0 Å². The van der Waals surface area contributed by atoms with Crippen molar-refractivity contribution in [3.8, 4) is 0 Å². The first-order chi connectivity index (χ1) is 14.0. The average molecular weight is 399 g/mol. The van der Waals surface area contributed by atoms with Gasteiger partial charge in [-0.25, -0.2) is 4.98 Å². The van der Waals surface area contributed by atoms with E-state index in [4.69, 9.17) is 10.5 Å². The highest BCUT2D eigenvalue weighted by atomic mass is 16.5. The summed E-state index contributed by atoms with van der Waals surface area (Å²) in [5, 5.41) is 0.582. The third-order valence-corrected chi connectivity index (χ3v) is 5.99. The summed E-state index contributed by atoms with van der Waals surface area (Å²) in [5.74, 6) is 1.22. The summed E-state index contributed by atoms with van der Waals surface area (Å²) < 4.78 is 5.81. The number of rotatable bonds is 4. The van der Waals surface area contributed by atoms with Gasteiger partial charge in [-0.1, -0.05) is 19.1 Å². The molecule has 0 aliphatic carbocycles. The topological polar surface area (TPSA) is 105 Å². The molecule has 0 radical (unpaired) electrons. The number of hydrogen-bond acceptors (Lipinski definition) is 6. The largest absolute Gasteiger partial charge is 0.366 e. The van der Waals surface area contributed by atoms with Crippen LogP contribution in [0.1, 0.15) is 25.6 Å². The van der Waals surface area contributed by atoms with Crippen molar-refractivity contribution in [3.05, 3.63) is 40.4 Å². The number of likely N-dealkylation sites (tertiary alicyclic amines) is 1. The fraction of sp³-hybridized carbons (Fsp3) is 0.571. The molecule has 1 aromatic carbocycles. The van der Waals surface area contributed by atoms with Crippen LogP contribution in [0.25, 0.3) is 10.9 Å². The Bertz CT molecular complexity index is 930. The zero-order valence-corrected chi connectivity index (χ0v) is 16.8. The molecule has 8 nitrogen and oxygen atoms in total. The molecule has 2 aliphatic rings. The third-order valence-electron chi connectivity index (χ3n) is 5.99. The number of amides is 1. The number of nitrogens with zero attached hydrogens (tertiary/aromatic N) is 3. The van der Waals surface area contributed by atoms with Crippen LogP contribution in [0.15, 0.2) is 29.1 Å². The van der Waals surface area contributed by atoms with Crippen molar-refractivity contribution in [2.75, 3.05) is 32.8 Å². The van der Waals surface area contributed by atoms with Gasteiger partial charge in [-0.15, -0.1) is 0 Å². The fourth-order valence-electron chi connectivity index (χ4n) is 4.37. The predicted octanol–water partition coefficient (Wildman–Crippen LogP) is 0.710. The predicted molar refractivity (Wildman–Crippen MR) is 110 cm³/mol. The second kappa shape index (κ2) is 8.61. The lowest BCUT2D eigenvalue weighted by molar-refractivity contribution is -0.154. The number of morpholine rings is 1. The molecule has 0 bridgehead atoms. The van der Waals surface area contributed by atoms with Gasteiger partial charge in [0.2, 0.25) is 0 Å². The van der Waals surface area contributed by atoms with Crippen molar-refractivity contribution in [2.45, 2.75) is 38.5 Å². The average Bonchev–Trinajstić information content (AvgIpc) is 2.73. The molecule has 2 aliphatic heterocycles. The van der Waals surface area contributed by atoms with Crippen LogP contribution in [0.5, 0.6) is 0 Å². The first-order valence-corrected chi connectivity index (χ1v) is 10.4. The zero-order chi connectivity index (χ0) is 20.4. The number of fused-ring (bicyclic) bond motifs is 1. The van der Waals surface area contributed by atoms with Gasteiger partial charge in [-0.3, -0.25) is 14.5 Å². The van der Waals surface area contributed by atoms with E-state index in [9.17, 15) is 9.59 Å². The van der Waals surface area contributed by atoms with Crippen LogP contribution in [-0.4, -0.2) is 70.6 Å². The van der Waals surface area contributed by atoms with Gasteiger partial charge in [0.25, 0.3) is 11.5 Å². The van der Waals surface area contributed by atoms with E-state index in [-0.39, 0.29) is 17.5 Å². The number of nitrogens with two attached hydrogens (primary N) is 1. The number of benzene rings is 1. The van der Waals surface area contributed by atoms with Crippen LogP contribution in [0.3, 0.4) is 0 Å². The first-order valence-electron chi connectivity index (χ1n) is 10.4. The normalized spacial score (nSPS) is 26.0. The van der Waals surface area contributed by atoms with Crippen LogP contribution in [0.4, 0.5) is 0 Å². The van der Waals surface area contributed by atoms with E-state index in [1.54, 1.807) is 6.07 Å². The molecule has 2 aromatic rings. The van der Waals surface area contributed by atoms with E-state index < -0.39 is 6.10 Å². The molecule has 3 N–H and O–H groups in total. The van der Waals surface area contributed by atoms with Crippen LogP contribution < -0.4 is 11.3 Å². The Kier molecular flexibility index (Phi) is 5.94. The van der Waals surface area contributed by atoms with Crippen LogP contribution >= 0.6 is 0 Å². The number of H-pyrrole nitrogens is 1. The molecule has 4 rings (SSSR count). The summed E-state index contributed by atoms with van der Waals surface area (Å²) >= 11 is 0. The molecule has 2 fully saturated rings. The maximum atomic E-state index is 13.1. The highest BCUT2D eigenvalue weighted by Crippen LogP contribution is 2.24. The molecule has 0 saturated carbocycles. The lowest BCUT2D eigenvalue weighted by Crippen LogP contribution is -2.56. The maximum absolute atomic E-state index is 13.1. The molecular weight excluding hydrogens is 370 g/mol. The lowest BCUT2D eigenvalue weighted by atomic mass is 9.92. The number of aromatic amines is 1. The summed E-state index contributed by atoms with van der Waals surface area (Å²) in [7, 11) is 0. The summed E-state index contributed by atoms with van der Waals surface area (Å²) in [6, 6.07) is 7.39. The van der Waals surface area contributed by atoms with E-state index in [1.165, 1.54) is 0 Å². The summed E-state index contributed by atoms with van der Waals surface area (Å²) in [6.45, 7) is 5.56. The highest BCUT2D eigenvalue weighted by molar-refractivity contribution is 5.82. The Balaban J connectivity index is 1.44. The number of ether oxygens (including phenoxy) is 1. The Morgan fingerprint density at radius 3 is 3.00 bits per heavy atom. The minimum absolute atomic E-state index is 0.0250. The summed E-state index contributed by atoms with van der Waals surface area (Å²) in [5.41, 5.74) is 6.47. The maximum Gasteiger partial charge on any atom is 0.258 e. The van der Waals surface area contributed by atoms with Crippen molar-refractivity contribution in [1.82, 2.24) is 19.8 Å². The van der Waals surface area contributed by atoms with Crippen LogP contribution in [0, 0.1) is 5.92 Å². The number of carbonyl (C=O) groups excluding carboxylic acids is 1. The first kappa shape index (κ1) is 20.0. The molecule has 3 unspecified atom stereocenters. The Morgan fingerprint density at radius 1 is 1.34 bits per heavy atom. The Labute approximate surface area is 170 Å². The summed E-state index contributed by atoms with van der Waals surface area (Å²) in [6.07, 6.45) is 1.44. The molecule has 3 heterocycles. The van der Waals surface area contributed by atoms with Crippen LogP contribution in [0.2, 0.25) is 0 Å². The van der Waals surface area contributed by atoms with E-state index >= 15 is 0 Å². The Hall–Kier alpha value is -2.29.